The van der Waals surface area contributed by atoms with E-state index in [2.05, 4.69) is 4.74 Å². The molecule has 168 valence electrons. The molecule has 0 heterocycles. The minimum Gasteiger partial charge on any atom is -0.872 e. The fraction of sp³-hybridized carbons (Fsp3) is 0.0526. The molecule has 13 nitrogen and oxygen atoms in total. The summed E-state index contributed by atoms with van der Waals surface area (Å²) in [5, 5.41) is 62.2. The van der Waals surface area contributed by atoms with Crippen LogP contribution in [0.5, 0.6) is 23.0 Å². The second-order valence-electron chi connectivity index (χ2n) is 5.57. The van der Waals surface area contributed by atoms with Crippen LogP contribution in [0.4, 0.5) is 17.1 Å². The smallest absolute Gasteiger partial charge is 0.872 e. The van der Waals surface area contributed by atoms with Gasteiger partial charge in [0.15, 0.2) is 0 Å². The molecule has 0 N–H and O–H groups in total. The SMILES string of the molecule is COc1ccc([N+](=O)[O-])cc1[O-].O=[N+]([O-])c1ccc([O-])cc1.O=[N+]([O-])c1ccccc1[O-].[Na+].[Na+].[Na+]. The molecule has 35 heavy (non-hydrogen) atoms. The van der Waals surface area contributed by atoms with Gasteiger partial charge in [0.25, 0.3) is 17.1 Å². The molecular weight excluding hydrogens is 499 g/mol. The molecule has 0 saturated carbocycles. The van der Waals surface area contributed by atoms with Crippen molar-refractivity contribution in [3.63, 3.8) is 0 Å². The van der Waals surface area contributed by atoms with Gasteiger partial charge in [0.1, 0.15) is 5.75 Å². The average molecular weight is 513 g/mol. The zero-order valence-corrected chi connectivity index (χ0v) is 25.3. The van der Waals surface area contributed by atoms with Crippen LogP contribution in [0.15, 0.2) is 66.7 Å². The molecule has 0 unspecified atom stereocenters. The maximum Gasteiger partial charge on any atom is 1.00 e. The van der Waals surface area contributed by atoms with Crippen molar-refractivity contribution in [3.05, 3.63) is 97.1 Å². The second-order valence-corrected chi connectivity index (χ2v) is 5.57. The molecule has 0 aliphatic rings. The van der Waals surface area contributed by atoms with Crippen LogP contribution in [0.25, 0.3) is 0 Å². The van der Waals surface area contributed by atoms with Gasteiger partial charge in [-0.3, -0.25) is 30.3 Å². The van der Waals surface area contributed by atoms with Crippen molar-refractivity contribution < 1.29 is 123 Å². The Balaban J connectivity index is -0.000000423. The molecule has 0 spiro atoms. The summed E-state index contributed by atoms with van der Waals surface area (Å²) in [7, 11) is 1.34. The van der Waals surface area contributed by atoms with Crippen LogP contribution in [0.3, 0.4) is 0 Å². The van der Waals surface area contributed by atoms with Gasteiger partial charge in [-0.25, -0.2) is 0 Å². The van der Waals surface area contributed by atoms with E-state index in [4.69, 9.17) is 0 Å². The van der Waals surface area contributed by atoms with Crippen LogP contribution >= 0.6 is 0 Å². The molecule has 0 aliphatic heterocycles. The molecule has 0 atom stereocenters. The van der Waals surface area contributed by atoms with Crippen molar-refractivity contribution in [2.45, 2.75) is 0 Å². The average Bonchev–Trinajstić information content (AvgIpc) is 2.75. The van der Waals surface area contributed by atoms with Gasteiger partial charge in [-0.15, -0.1) is 5.75 Å². The van der Waals surface area contributed by atoms with Crippen LogP contribution in [0, 0.1) is 30.3 Å². The van der Waals surface area contributed by atoms with E-state index in [-0.39, 0.29) is 117 Å². The third-order valence-corrected chi connectivity index (χ3v) is 3.47. The van der Waals surface area contributed by atoms with E-state index >= 15 is 0 Å². The maximum atomic E-state index is 10.9. The van der Waals surface area contributed by atoms with Crippen molar-refractivity contribution in [1.82, 2.24) is 0 Å². The van der Waals surface area contributed by atoms with E-state index in [1.807, 2.05) is 0 Å². The normalized spacial score (nSPS) is 8.49. The molecule has 0 aromatic heterocycles. The van der Waals surface area contributed by atoms with Crippen molar-refractivity contribution >= 4 is 17.1 Å². The van der Waals surface area contributed by atoms with Crippen molar-refractivity contribution in [1.29, 1.82) is 0 Å². The molecule has 0 bridgehead atoms. The number of benzene rings is 3. The number of hydrogen-bond donors (Lipinski definition) is 0. The molecule has 0 fully saturated rings. The minimum atomic E-state index is -0.692. The Morgan fingerprint density at radius 3 is 1.49 bits per heavy atom. The first-order valence-electron chi connectivity index (χ1n) is 8.38. The number of hydrogen-bond acceptors (Lipinski definition) is 10. The molecule has 3 rings (SSSR count). The standard InChI is InChI=1S/C7H7NO4.2C6H5NO3.3Na/c1-12-7-3-2-5(8(10)11)4-6(7)9;8-6-3-1-5(2-4-6)7(9)10;8-6-4-2-1-3-5(6)7(9)10;;;/h2-4,9H,1H3;2*1-4,8H;;;/q;;;3*+1/p-3. The number of ether oxygens (including phenoxy) is 1. The third-order valence-electron chi connectivity index (χ3n) is 3.47. The number of nitro benzene ring substituents is 3. The Kier molecular flexibility index (Phi) is 20.7. The quantitative estimate of drug-likeness (QED) is 0.183. The number of methoxy groups -OCH3 is 1. The van der Waals surface area contributed by atoms with E-state index in [1.54, 1.807) is 0 Å². The summed E-state index contributed by atoms with van der Waals surface area (Å²) in [6, 6.07) is 13.4. The zero-order chi connectivity index (χ0) is 24.3. The van der Waals surface area contributed by atoms with E-state index in [0.29, 0.717) is 0 Å². The number of para-hydroxylation sites is 2. The van der Waals surface area contributed by atoms with Gasteiger partial charge in [-0.05, 0) is 11.8 Å². The summed E-state index contributed by atoms with van der Waals surface area (Å²) in [6.45, 7) is 0. The minimum absolute atomic E-state index is 0. The van der Waals surface area contributed by atoms with Crippen LogP contribution in [0.1, 0.15) is 0 Å². The Morgan fingerprint density at radius 1 is 0.629 bits per heavy atom. The summed E-state index contributed by atoms with van der Waals surface area (Å²) < 4.78 is 4.64. The van der Waals surface area contributed by atoms with Gasteiger partial charge in [-0.1, -0.05) is 36.1 Å². The molecule has 3 aromatic carbocycles. The first-order valence-corrected chi connectivity index (χ1v) is 8.38. The molecule has 16 heteroatoms. The zero-order valence-electron chi connectivity index (χ0n) is 19.3. The maximum absolute atomic E-state index is 10.9. The van der Waals surface area contributed by atoms with E-state index in [0.717, 1.165) is 24.3 Å². The summed E-state index contributed by atoms with van der Waals surface area (Å²) in [6.07, 6.45) is 0. The van der Waals surface area contributed by atoms with Crippen molar-refractivity contribution in [3.8, 4) is 23.0 Å². The van der Waals surface area contributed by atoms with Crippen LogP contribution in [-0.2, 0) is 0 Å². The summed E-state index contributed by atoms with van der Waals surface area (Å²) in [5.74, 6) is -1.13. The van der Waals surface area contributed by atoms with Gasteiger partial charge in [0.05, 0.1) is 21.9 Å². The molecule has 0 radical (unpaired) electrons. The predicted molar refractivity (Wildman–Crippen MR) is 104 cm³/mol. The summed E-state index contributed by atoms with van der Waals surface area (Å²) in [5.41, 5.74) is -0.650. The fourth-order valence-electron chi connectivity index (χ4n) is 1.95. The first-order chi connectivity index (χ1) is 15.1. The molecule has 0 amide bonds. The number of non-ortho nitro benzene ring substituents is 2. The summed E-state index contributed by atoms with van der Waals surface area (Å²) in [4.78, 5) is 28.4. The van der Waals surface area contributed by atoms with E-state index in [1.165, 1.54) is 49.6 Å². The van der Waals surface area contributed by atoms with Gasteiger partial charge in [0.2, 0.25) is 0 Å². The van der Waals surface area contributed by atoms with Crippen LogP contribution < -0.4 is 109 Å². The number of nitro groups is 3. The van der Waals surface area contributed by atoms with Crippen LogP contribution in [-0.4, -0.2) is 21.9 Å². The Morgan fingerprint density at radius 2 is 1.11 bits per heavy atom. The molecule has 0 saturated heterocycles. The van der Waals surface area contributed by atoms with E-state index in [9.17, 15) is 45.7 Å². The Labute approximate surface area is 265 Å². The van der Waals surface area contributed by atoms with Crippen LogP contribution in [0.2, 0.25) is 0 Å². The fourth-order valence-corrected chi connectivity index (χ4v) is 1.95. The largest absolute Gasteiger partial charge is 1.00 e. The van der Waals surface area contributed by atoms with Gasteiger partial charge < -0.3 is 20.1 Å². The molecular formula is C19H14N3Na3O10. The topological polar surface area (TPSA) is 208 Å². The van der Waals surface area contributed by atoms with Crippen molar-refractivity contribution in [2.24, 2.45) is 0 Å². The molecule has 0 aliphatic carbocycles. The number of nitrogens with zero attached hydrogens (tertiary/aromatic N) is 3. The Hall–Kier alpha value is -1.94. The summed E-state index contributed by atoms with van der Waals surface area (Å²) >= 11 is 0. The Bertz CT molecular complexity index is 1100. The second kappa shape index (κ2) is 19.3. The number of rotatable bonds is 4. The van der Waals surface area contributed by atoms with E-state index < -0.39 is 26.3 Å². The van der Waals surface area contributed by atoms with Crippen molar-refractivity contribution in [2.75, 3.05) is 7.11 Å². The van der Waals surface area contributed by atoms with Gasteiger partial charge in [0, 0.05) is 30.3 Å². The third kappa shape index (κ3) is 13.7. The van der Waals surface area contributed by atoms with Gasteiger partial charge >= 0.3 is 88.7 Å². The van der Waals surface area contributed by atoms with Gasteiger partial charge in [-0.2, -0.15) is 0 Å². The molecule has 3 aromatic rings. The first kappa shape index (κ1) is 37.6. The predicted octanol–water partition coefficient (Wildman–Crippen LogP) is -6.97. The monoisotopic (exact) mass is 513 g/mol.